The largest absolute Gasteiger partial charge is 0.497 e. The van der Waals surface area contributed by atoms with Crippen molar-refractivity contribution in [2.75, 3.05) is 19.5 Å². The summed E-state index contributed by atoms with van der Waals surface area (Å²) < 4.78 is 5.11. The average Bonchev–Trinajstić information content (AvgIpc) is 2.85. The number of hydrogen-bond donors (Lipinski definition) is 1. The van der Waals surface area contributed by atoms with E-state index in [9.17, 15) is 0 Å². The first kappa shape index (κ1) is 12.2. The fraction of sp³-hybridized carbons (Fsp3) is 0.273. The highest BCUT2D eigenvalue weighted by Crippen LogP contribution is 2.26. The summed E-state index contributed by atoms with van der Waals surface area (Å²) in [5.74, 6) is 1.72. The van der Waals surface area contributed by atoms with Crippen LogP contribution in [0.2, 0.25) is 0 Å². The molecule has 0 fully saturated rings. The zero-order valence-electron chi connectivity index (χ0n) is 9.64. The first-order valence-electron chi connectivity index (χ1n) is 5.09. The van der Waals surface area contributed by atoms with Crippen LogP contribution in [0.15, 0.2) is 29.2 Å². The predicted molar refractivity (Wildman–Crippen MR) is 72.0 cm³/mol. The number of rotatable bonds is 5. The number of nitrogens with zero attached hydrogens (tertiary/aromatic N) is 2. The molecule has 0 spiro atoms. The Balaban J connectivity index is 1.92. The highest BCUT2D eigenvalue weighted by atomic mass is 32.2. The predicted octanol–water partition coefficient (Wildman–Crippen LogP) is 2.88. The molecule has 0 aliphatic carbocycles. The molecule has 1 heterocycles. The van der Waals surface area contributed by atoms with E-state index >= 15 is 0 Å². The van der Waals surface area contributed by atoms with E-state index in [1.807, 2.05) is 31.3 Å². The van der Waals surface area contributed by atoms with Gasteiger partial charge in [-0.2, -0.15) is 0 Å². The molecular formula is C11H13N3OS2. The molecule has 0 saturated carbocycles. The number of nitrogens with one attached hydrogen (secondary N) is 1. The van der Waals surface area contributed by atoms with Crippen LogP contribution >= 0.6 is 23.1 Å². The van der Waals surface area contributed by atoms with Crippen molar-refractivity contribution in [1.29, 1.82) is 0 Å². The van der Waals surface area contributed by atoms with Crippen LogP contribution < -0.4 is 10.1 Å². The van der Waals surface area contributed by atoms with Gasteiger partial charge in [0, 0.05) is 11.9 Å². The molecular weight excluding hydrogens is 254 g/mol. The Morgan fingerprint density at radius 1 is 1.29 bits per heavy atom. The van der Waals surface area contributed by atoms with Gasteiger partial charge in [-0.1, -0.05) is 11.3 Å². The third kappa shape index (κ3) is 3.34. The van der Waals surface area contributed by atoms with Crippen LogP contribution in [0.1, 0.15) is 5.01 Å². The number of hydrogen-bond acceptors (Lipinski definition) is 6. The van der Waals surface area contributed by atoms with E-state index in [-0.39, 0.29) is 0 Å². The number of aromatic nitrogens is 2. The maximum absolute atomic E-state index is 5.11. The molecule has 0 saturated heterocycles. The van der Waals surface area contributed by atoms with E-state index in [4.69, 9.17) is 4.74 Å². The molecule has 1 aromatic carbocycles. The SMILES string of the molecule is CNc1nnc(CSc2ccc(OC)cc2)s1. The maximum atomic E-state index is 5.11. The fourth-order valence-electron chi connectivity index (χ4n) is 1.23. The van der Waals surface area contributed by atoms with Gasteiger partial charge < -0.3 is 10.1 Å². The van der Waals surface area contributed by atoms with Crippen LogP contribution in [0.3, 0.4) is 0 Å². The van der Waals surface area contributed by atoms with Crippen molar-refractivity contribution in [1.82, 2.24) is 10.2 Å². The number of benzene rings is 1. The van der Waals surface area contributed by atoms with Crippen LogP contribution in [-0.4, -0.2) is 24.4 Å². The Hall–Kier alpha value is -1.27. The lowest BCUT2D eigenvalue weighted by Crippen LogP contribution is -1.84. The molecule has 90 valence electrons. The van der Waals surface area contributed by atoms with E-state index in [2.05, 4.69) is 15.5 Å². The van der Waals surface area contributed by atoms with Crippen molar-refractivity contribution in [2.45, 2.75) is 10.6 Å². The highest BCUT2D eigenvalue weighted by Gasteiger charge is 2.03. The minimum absolute atomic E-state index is 0.839. The van der Waals surface area contributed by atoms with E-state index in [0.29, 0.717) is 0 Å². The van der Waals surface area contributed by atoms with Gasteiger partial charge in [0.1, 0.15) is 10.8 Å². The quantitative estimate of drug-likeness (QED) is 0.844. The molecule has 1 N–H and O–H groups in total. The molecule has 17 heavy (non-hydrogen) atoms. The summed E-state index contributed by atoms with van der Waals surface area (Å²) in [5.41, 5.74) is 0. The summed E-state index contributed by atoms with van der Waals surface area (Å²) in [6.45, 7) is 0. The van der Waals surface area contributed by atoms with Crippen molar-refractivity contribution in [3.05, 3.63) is 29.3 Å². The Bertz CT molecular complexity index is 470. The van der Waals surface area contributed by atoms with Crippen molar-refractivity contribution in [2.24, 2.45) is 0 Å². The summed E-state index contributed by atoms with van der Waals surface area (Å²) in [5, 5.41) is 13.0. The van der Waals surface area contributed by atoms with Crippen LogP contribution in [0, 0.1) is 0 Å². The number of anilines is 1. The molecule has 0 radical (unpaired) electrons. The second-order valence-electron chi connectivity index (χ2n) is 3.22. The number of thioether (sulfide) groups is 1. The van der Waals surface area contributed by atoms with Gasteiger partial charge in [0.05, 0.1) is 12.9 Å². The van der Waals surface area contributed by atoms with Gasteiger partial charge in [-0.25, -0.2) is 0 Å². The first-order valence-corrected chi connectivity index (χ1v) is 6.89. The van der Waals surface area contributed by atoms with E-state index < -0.39 is 0 Å². The Kier molecular flexibility index (Phi) is 4.22. The summed E-state index contributed by atoms with van der Waals surface area (Å²) in [7, 11) is 3.52. The van der Waals surface area contributed by atoms with Crippen molar-refractivity contribution < 1.29 is 4.74 Å². The summed E-state index contributed by atoms with van der Waals surface area (Å²) in [4.78, 5) is 1.20. The zero-order valence-corrected chi connectivity index (χ0v) is 11.3. The smallest absolute Gasteiger partial charge is 0.205 e. The van der Waals surface area contributed by atoms with Crippen molar-refractivity contribution >= 4 is 28.2 Å². The number of methoxy groups -OCH3 is 1. The standard InChI is InChI=1S/C11H13N3OS2/c1-12-11-14-13-10(17-11)7-16-9-5-3-8(15-2)4-6-9/h3-6H,7H2,1-2H3,(H,12,14). The van der Waals surface area contributed by atoms with Gasteiger partial charge in [-0.05, 0) is 24.3 Å². The maximum Gasteiger partial charge on any atom is 0.205 e. The molecule has 0 aliphatic heterocycles. The molecule has 0 atom stereocenters. The average molecular weight is 267 g/mol. The molecule has 2 rings (SSSR count). The Morgan fingerprint density at radius 2 is 2.06 bits per heavy atom. The van der Waals surface area contributed by atoms with Gasteiger partial charge in [0.15, 0.2) is 0 Å². The summed E-state index contributed by atoms with van der Waals surface area (Å²) >= 11 is 3.32. The highest BCUT2D eigenvalue weighted by molar-refractivity contribution is 7.98. The first-order chi connectivity index (χ1) is 8.31. The summed E-state index contributed by atoms with van der Waals surface area (Å²) in [6, 6.07) is 8.01. The molecule has 4 nitrogen and oxygen atoms in total. The second-order valence-corrected chi connectivity index (χ2v) is 5.33. The topological polar surface area (TPSA) is 47.0 Å². The lowest BCUT2D eigenvalue weighted by atomic mass is 10.3. The van der Waals surface area contributed by atoms with E-state index in [1.165, 1.54) is 4.90 Å². The van der Waals surface area contributed by atoms with E-state index in [0.717, 1.165) is 21.6 Å². The molecule has 2 aromatic rings. The minimum Gasteiger partial charge on any atom is -0.497 e. The van der Waals surface area contributed by atoms with Crippen LogP contribution in [-0.2, 0) is 5.75 Å². The van der Waals surface area contributed by atoms with Crippen molar-refractivity contribution in [3.63, 3.8) is 0 Å². The third-order valence-electron chi connectivity index (χ3n) is 2.10. The van der Waals surface area contributed by atoms with Crippen LogP contribution in [0.4, 0.5) is 5.13 Å². The van der Waals surface area contributed by atoms with Crippen molar-refractivity contribution in [3.8, 4) is 5.75 Å². The van der Waals surface area contributed by atoms with Gasteiger partial charge >= 0.3 is 0 Å². The third-order valence-corrected chi connectivity index (χ3v) is 4.25. The minimum atomic E-state index is 0.839. The fourth-order valence-corrected chi connectivity index (χ4v) is 2.81. The second kappa shape index (κ2) is 5.88. The normalized spacial score (nSPS) is 10.2. The van der Waals surface area contributed by atoms with Gasteiger partial charge in [0.2, 0.25) is 5.13 Å². The Morgan fingerprint density at radius 3 is 2.65 bits per heavy atom. The zero-order chi connectivity index (χ0) is 12.1. The van der Waals surface area contributed by atoms with Crippen LogP contribution in [0.25, 0.3) is 0 Å². The monoisotopic (exact) mass is 267 g/mol. The van der Waals surface area contributed by atoms with Gasteiger partial charge in [0.25, 0.3) is 0 Å². The Labute approximate surface area is 108 Å². The van der Waals surface area contributed by atoms with Gasteiger partial charge in [-0.15, -0.1) is 22.0 Å². The lowest BCUT2D eigenvalue weighted by molar-refractivity contribution is 0.414. The molecule has 0 amide bonds. The summed E-state index contributed by atoms with van der Waals surface area (Å²) in [6.07, 6.45) is 0. The lowest BCUT2D eigenvalue weighted by Gasteiger charge is -2.01. The molecule has 0 unspecified atom stereocenters. The number of ether oxygens (including phenoxy) is 1. The molecule has 6 heteroatoms. The van der Waals surface area contributed by atoms with Crippen LogP contribution in [0.5, 0.6) is 5.75 Å². The molecule has 1 aromatic heterocycles. The van der Waals surface area contributed by atoms with Gasteiger partial charge in [-0.3, -0.25) is 0 Å². The molecule has 0 bridgehead atoms. The molecule has 0 aliphatic rings. The van der Waals surface area contributed by atoms with E-state index in [1.54, 1.807) is 30.2 Å².